The standard InChI is InChI=1S/C24H30N2O3/c1-17(2)16-29-22-13-11-18(12-14-22)23(27)26-21-10-6-7-19(15-21)24(28)25-20-8-4-3-5-9-20/h6-7,10-15,17,20H,3-5,8-9,16H2,1-2H3,(H,25,28)(H,26,27). The molecule has 2 aromatic rings. The molecule has 2 aromatic carbocycles. The third-order valence-corrected chi connectivity index (χ3v) is 5.02. The van der Waals surface area contributed by atoms with Crippen molar-refractivity contribution in [1.82, 2.24) is 5.32 Å². The Labute approximate surface area is 172 Å². The van der Waals surface area contributed by atoms with Gasteiger partial charge in [0.15, 0.2) is 0 Å². The van der Waals surface area contributed by atoms with Crippen molar-refractivity contribution in [3.05, 3.63) is 59.7 Å². The van der Waals surface area contributed by atoms with Gasteiger partial charge in [0.25, 0.3) is 11.8 Å². The van der Waals surface area contributed by atoms with E-state index in [9.17, 15) is 9.59 Å². The average molecular weight is 395 g/mol. The molecule has 0 aliphatic heterocycles. The summed E-state index contributed by atoms with van der Waals surface area (Å²) in [7, 11) is 0. The van der Waals surface area contributed by atoms with Crippen LogP contribution >= 0.6 is 0 Å². The second kappa shape index (κ2) is 10.1. The van der Waals surface area contributed by atoms with E-state index in [1.165, 1.54) is 19.3 Å². The van der Waals surface area contributed by atoms with Crippen LogP contribution in [0.3, 0.4) is 0 Å². The second-order valence-electron chi connectivity index (χ2n) is 8.07. The lowest BCUT2D eigenvalue weighted by Gasteiger charge is -2.22. The van der Waals surface area contributed by atoms with Crippen molar-refractivity contribution in [2.24, 2.45) is 5.92 Å². The number of benzene rings is 2. The van der Waals surface area contributed by atoms with Gasteiger partial charge in [0, 0.05) is 22.9 Å². The van der Waals surface area contributed by atoms with Crippen LogP contribution in [-0.4, -0.2) is 24.5 Å². The van der Waals surface area contributed by atoms with Crippen molar-refractivity contribution >= 4 is 17.5 Å². The average Bonchev–Trinajstić information content (AvgIpc) is 2.73. The maximum atomic E-state index is 12.5. The Morgan fingerprint density at radius 1 is 0.966 bits per heavy atom. The molecule has 0 radical (unpaired) electrons. The topological polar surface area (TPSA) is 67.4 Å². The van der Waals surface area contributed by atoms with Gasteiger partial charge in [-0.3, -0.25) is 9.59 Å². The molecule has 0 heterocycles. The van der Waals surface area contributed by atoms with Crippen molar-refractivity contribution in [2.45, 2.75) is 52.0 Å². The molecule has 0 atom stereocenters. The Morgan fingerprint density at radius 3 is 2.38 bits per heavy atom. The van der Waals surface area contributed by atoms with Gasteiger partial charge in [-0.05, 0) is 61.2 Å². The minimum absolute atomic E-state index is 0.0837. The molecule has 5 nitrogen and oxygen atoms in total. The molecule has 1 saturated carbocycles. The Kier molecular flexibility index (Phi) is 7.28. The van der Waals surface area contributed by atoms with Crippen LogP contribution in [0.2, 0.25) is 0 Å². The molecule has 1 aliphatic rings. The molecule has 3 rings (SSSR count). The summed E-state index contributed by atoms with van der Waals surface area (Å²) < 4.78 is 5.65. The van der Waals surface area contributed by atoms with Gasteiger partial charge in [0.05, 0.1) is 6.61 Å². The fourth-order valence-electron chi connectivity index (χ4n) is 3.42. The first-order valence-corrected chi connectivity index (χ1v) is 10.5. The van der Waals surface area contributed by atoms with E-state index in [1.807, 2.05) is 0 Å². The monoisotopic (exact) mass is 394 g/mol. The number of nitrogens with one attached hydrogen (secondary N) is 2. The van der Waals surface area contributed by atoms with Crippen LogP contribution in [-0.2, 0) is 0 Å². The van der Waals surface area contributed by atoms with Gasteiger partial charge in [-0.1, -0.05) is 39.2 Å². The Hall–Kier alpha value is -2.82. The van der Waals surface area contributed by atoms with E-state index in [0.29, 0.717) is 29.3 Å². The molecule has 2 N–H and O–H groups in total. The molecule has 0 spiro atoms. The summed E-state index contributed by atoms with van der Waals surface area (Å²) in [6.07, 6.45) is 5.67. The fourth-order valence-corrected chi connectivity index (χ4v) is 3.42. The second-order valence-corrected chi connectivity index (χ2v) is 8.07. The summed E-state index contributed by atoms with van der Waals surface area (Å²) in [5, 5.41) is 5.97. The number of rotatable bonds is 7. The lowest BCUT2D eigenvalue weighted by Crippen LogP contribution is -2.36. The van der Waals surface area contributed by atoms with E-state index in [0.717, 1.165) is 18.6 Å². The highest BCUT2D eigenvalue weighted by molar-refractivity contribution is 6.05. The van der Waals surface area contributed by atoms with Crippen LogP contribution in [0.1, 0.15) is 66.7 Å². The van der Waals surface area contributed by atoms with Crippen molar-refractivity contribution in [3.8, 4) is 5.75 Å². The summed E-state index contributed by atoms with van der Waals surface area (Å²) in [6, 6.07) is 14.4. The predicted octanol–water partition coefficient (Wildman–Crippen LogP) is 5.04. The fraction of sp³-hybridized carbons (Fsp3) is 0.417. The maximum Gasteiger partial charge on any atom is 0.255 e. The van der Waals surface area contributed by atoms with Crippen molar-refractivity contribution in [1.29, 1.82) is 0 Å². The summed E-state index contributed by atoms with van der Waals surface area (Å²) >= 11 is 0. The molecule has 154 valence electrons. The molecule has 0 unspecified atom stereocenters. The first kappa shape index (κ1) is 20.9. The number of carbonyl (C=O) groups is 2. The predicted molar refractivity (Wildman–Crippen MR) is 116 cm³/mol. The van der Waals surface area contributed by atoms with Crippen LogP contribution in [0, 0.1) is 5.92 Å². The third kappa shape index (κ3) is 6.34. The Bertz CT molecular complexity index is 824. The van der Waals surface area contributed by atoms with E-state index in [-0.39, 0.29) is 17.9 Å². The van der Waals surface area contributed by atoms with Gasteiger partial charge >= 0.3 is 0 Å². The molecule has 0 aromatic heterocycles. The Morgan fingerprint density at radius 2 is 1.69 bits per heavy atom. The lowest BCUT2D eigenvalue weighted by molar-refractivity contribution is 0.0926. The molecule has 1 fully saturated rings. The first-order valence-electron chi connectivity index (χ1n) is 10.5. The maximum absolute atomic E-state index is 12.5. The molecular weight excluding hydrogens is 364 g/mol. The van der Waals surface area contributed by atoms with E-state index >= 15 is 0 Å². The van der Waals surface area contributed by atoms with Crippen LogP contribution in [0.5, 0.6) is 5.75 Å². The van der Waals surface area contributed by atoms with E-state index in [2.05, 4.69) is 24.5 Å². The zero-order valence-corrected chi connectivity index (χ0v) is 17.2. The Balaban J connectivity index is 1.59. The highest BCUT2D eigenvalue weighted by Gasteiger charge is 2.17. The van der Waals surface area contributed by atoms with Crippen molar-refractivity contribution in [3.63, 3.8) is 0 Å². The zero-order valence-electron chi connectivity index (χ0n) is 17.2. The summed E-state index contributed by atoms with van der Waals surface area (Å²) in [4.78, 5) is 25.1. The van der Waals surface area contributed by atoms with E-state index < -0.39 is 0 Å². The van der Waals surface area contributed by atoms with Crippen LogP contribution in [0.4, 0.5) is 5.69 Å². The smallest absolute Gasteiger partial charge is 0.255 e. The van der Waals surface area contributed by atoms with Gasteiger partial charge in [0.1, 0.15) is 5.75 Å². The molecule has 0 saturated heterocycles. The van der Waals surface area contributed by atoms with Gasteiger partial charge in [-0.2, -0.15) is 0 Å². The summed E-state index contributed by atoms with van der Waals surface area (Å²) in [5.41, 5.74) is 1.70. The molecule has 1 aliphatic carbocycles. The van der Waals surface area contributed by atoms with Gasteiger partial charge in [-0.25, -0.2) is 0 Å². The number of ether oxygens (including phenoxy) is 1. The molecule has 0 bridgehead atoms. The van der Waals surface area contributed by atoms with E-state index in [1.54, 1.807) is 48.5 Å². The summed E-state index contributed by atoms with van der Waals surface area (Å²) in [6.45, 7) is 4.82. The minimum Gasteiger partial charge on any atom is -0.493 e. The number of anilines is 1. The minimum atomic E-state index is -0.217. The number of hydrogen-bond acceptors (Lipinski definition) is 3. The van der Waals surface area contributed by atoms with E-state index in [4.69, 9.17) is 4.74 Å². The molecule has 29 heavy (non-hydrogen) atoms. The van der Waals surface area contributed by atoms with Crippen LogP contribution < -0.4 is 15.4 Å². The molecular formula is C24H30N2O3. The molecule has 5 heteroatoms. The number of hydrogen-bond donors (Lipinski definition) is 2. The zero-order chi connectivity index (χ0) is 20.6. The number of carbonyl (C=O) groups excluding carboxylic acids is 2. The van der Waals surface area contributed by atoms with Crippen molar-refractivity contribution < 1.29 is 14.3 Å². The first-order chi connectivity index (χ1) is 14.0. The summed E-state index contributed by atoms with van der Waals surface area (Å²) in [5.74, 6) is 0.891. The molecule has 2 amide bonds. The normalized spacial score (nSPS) is 14.4. The SMILES string of the molecule is CC(C)COc1ccc(C(=O)Nc2cccc(C(=O)NC3CCCCC3)c2)cc1. The van der Waals surface area contributed by atoms with Crippen LogP contribution in [0.15, 0.2) is 48.5 Å². The number of amides is 2. The largest absolute Gasteiger partial charge is 0.493 e. The highest BCUT2D eigenvalue weighted by Crippen LogP contribution is 2.19. The van der Waals surface area contributed by atoms with Crippen molar-refractivity contribution in [2.75, 3.05) is 11.9 Å². The van der Waals surface area contributed by atoms with Gasteiger partial charge in [-0.15, -0.1) is 0 Å². The quantitative estimate of drug-likeness (QED) is 0.692. The highest BCUT2D eigenvalue weighted by atomic mass is 16.5. The lowest BCUT2D eigenvalue weighted by atomic mass is 9.95. The third-order valence-electron chi connectivity index (χ3n) is 5.02. The van der Waals surface area contributed by atoms with Gasteiger partial charge in [0.2, 0.25) is 0 Å². The van der Waals surface area contributed by atoms with Gasteiger partial charge < -0.3 is 15.4 Å². The van der Waals surface area contributed by atoms with Crippen LogP contribution in [0.25, 0.3) is 0 Å².